The number of carboxylic acids is 1. The van der Waals surface area contributed by atoms with Gasteiger partial charge in [-0.05, 0) is 42.5 Å². The van der Waals surface area contributed by atoms with E-state index in [0.717, 1.165) is 15.3 Å². The Labute approximate surface area is 143 Å². The van der Waals surface area contributed by atoms with Gasteiger partial charge in [-0.15, -0.1) is 0 Å². The van der Waals surface area contributed by atoms with E-state index in [1.807, 2.05) is 0 Å². The summed E-state index contributed by atoms with van der Waals surface area (Å²) in [5.74, 6) is -1.43. The van der Waals surface area contributed by atoms with Gasteiger partial charge in [0.05, 0.1) is 10.9 Å². The Hall–Kier alpha value is -1.54. The third kappa shape index (κ3) is 4.06. The van der Waals surface area contributed by atoms with E-state index in [9.17, 15) is 18.3 Å². The highest BCUT2D eigenvalue weighted by atomic mass is 35.5. The minimum atomic E-state index is -3.71. The van der Waals surface area contributed by atoms with E-state index in [2.05, 4.69) is 0 Å². The van der Waals surface area contributed by atoms with Gasteiger partial charge >= 0.3 is 0 Å². The summed E-state index contributed by atoms with van der Waals surface area (Å²) < 4.78 is 25.2. The van der Waals surface area contributed by atoms with Crippen molar-refractivity contribution in [1.82, 2.24) is 4.31 Å². The number of benzene rings is 2. The number of hydrogen-bond donors (Lipinski definition) is 0. The Kier molecular flexibility index (Phi) is 5.36. The molecule has 0 saturated carbocycles. The van der Waals surface area contributed by atoms with Gasteiger partial charge in [-0.2, -0.15) is 0 Å². The molecule has 122 valence electrons. The minimum absolute atomic E-state index is 0.0952. The molecule has 0 aliphatic heterocycles. The van der Waals surface area contributed by atoms with Crippen LogP contribution in [0.15, 0.2) is 57.2 Å². The van der Waals surface area contributed by atoms with E-state index >= 15 is 0 Å². The molecule has 2 rings (SSSR count). The van der Waals surface area contributed by atoms with Gasteiger partial charge in [-0.25, -0.2) is 12.7 Å². The fourth-order valence-electron chi connectivity index (χ4n) is 1.76. The molecule has 0 aliphatic carbocycles. The average Bonchev–Trinajstić information content (AvgIpc) is 2.49. The zero-order chi connectivity index (χ0) is 17.2. The van der Waals surface area contributed by atoms with Crippen LogP contribution in [0.3, 0.4) is 0 Å². The third-order valence-electron chi connectivity index (χ3n) is 2.99. The predicted octanol–water partition coefficient (Wildman–Crippen LogP) is 2.10. The van der Waals surface area contributed by atoms with Gasteiger partial charge in [0.25, 0.3) is 0 Å². The fourth-order valence-corrected chi connectivity index (χ4v) is 3.73. The maximum absolute atomic E-state index is 12.1. The highest BCUT2D eigenvalue weighted by Crippen LogP contribution is 2.32. The van der Waals surface area contributed by atoms with Crippen molar-refractivity contribution in [3.8, 4) is 0 Å². The van der Waals surface area contributed by atoms with Gasteiger partial charge in [-0.3, -0.25) is 0 Å². The van der Waals surface area contributed by atoms with E-state index in [0.29, 0.717) is 9.92 Å². The lowest BCUT2D eigenvalue weighted by molar-refractivity contribution is -0.255. The Bertz CT molecular complexity index is 833. The molecule has 0 aliphatic rings. The maximum atomic E-state index is 12.1. The van der Waals surface area contributed by atoms with Gasteiger partial charge in [-0.1, -0.05) is 23.4 Å². The monoisotopic (exact) mass is 370 g/mol. The number of halogens is 1. The molecule has 0 spiro atoms. The Morgan fingerprint density at radius 3 is 2.26 bits per heavy atom. The first-order chi connectivity index (χ1) is 10.7. The van der Waals surface area contributed by atoms with Crippen molar-refractivity contribution in [2.45, 2.75) is 14.7 Å². The zero-order valence-electron chi connectivity index (χ0n) is 12.3. The molecular formula is C15H13ClNO4S2-. The summed E-state index contributed by atoms with van der Waals surface area (Å²) in [4.78, 5) is 12.4. The topological polar surface area (TPSA) is 77.5 Å². The number of carboxylic acid groups (broad SMARTS) is 1. The average molecular weight is 371 g/mol. The van der Waals surface area contributed by atoms with Gasteiger partial charge in [0, 0.05) is 34.5 Å². The molecule has 0 bridgehead atoms. The second-order valence-corrected chi connectivity index (χ2v) is 8.49. The molecule has 0 fully saturated rings. The molecule has 0 aromatic heterocycles. The highest BCUT2D eigenvalue weighted by Gasteiger charge is 2.19. The van der Waals surface area contributed by atoms with E-state index < -0.39 is 16.0 Å². The van der Waals surface area contributed by atoms with Crippen molar-refractivity contribution in [2.24, 2.45) is 0 Å². The largest absolute Gasteiger partial charge is 0.545 e. The molecule has 2 aromatic rings. The number of rotatable bonds is 5. The molecular weight excluding hydrogens is 358 g/mol. The number of aromatic carboxylic acids is 1. The lowest BCUT2D eigenvalue weighted by atomic mass is 10.2. The number of carbonyl (C=O) groups is 1. The van der Waals surface area contributed by atoms with Crippen LogP contribution in [0.4, 0.5) is 0 Å². The van der Waals surface area contributed by atoms with Crippen LogP contribution in [0.1, 0.15) is 10.4 Å². The van der Waals surface area contributed by atoms with Gasteiger partial charge in [0.2, 0.25) is 10.0 Å². The second-order valence-electron chi connectivity index (χ2n) is 4.79. The van der Waals surface area contributed by atoms with E-state index in [4.69, 9.17) is 11.6 Å². The lowest BCUT2D eigenvalue weighted by Crippen LogP contribution is -2.25. The number of hydrogen-bond acceptors (Lipinski definition) is 5. The first-order valence-electron chi connectivity index (χ1n) is 6.43. The second kappa shape index (κ2) is 6.92. The Balaban J connectivity index is 2.45. The van der Waals surface area contributed by atoms with Crippen LogP contribution in [-0.2, 0) is 10.0 Å². The number of nitrogens with zero attached hydrogens (tertiary/aromatic N) is 1. The summed E-state index contributed by atoms with van der Waals surface area (Å²) in [6, 6.07) is 10.8. The molecule has 0 atom stereocenters. The van der Waals surface area contributed by atoms with Crippen molar-refractivity contribution in [2.75, 3.05) is 14.1 Å². The molecule has 0 unspecified atom stereocenters. The molecule has 0 heterocycles. The number of sulfonamides is 1. The molecule has 23 heavy (non-hydrogen) atoms. The molecule has 0 radical (unpaired) electrons. The van der Waals surface area contributed by atoms with Crippen LogP contribution in [0, 0.1) is 0 Å². The third-order valence-corrected chi connectivity index (χ3v) is 6.14. The SMILES string of the molecule is CN(C)S(=O)(=O)c1ccc(Sc2ccc(Cl)cc2)c(C(=O)[O-])c1. The van der Waals surface area contributed by atoms with E-state index in [1.54, 1.807) is 24.3 Å². The standard InChI is InChI=1S/C15H14ClNO4S2/c1-17(2)23(20,21)12-7-8-14(13(9-12)15(18)19)22-11-5-3-10(16)4-6-11/h3-9H,1-2H3,(H,18,19)/p-1. The minimum Gasteiger partial charge on any atom is -0.545 e. The van der Waals surface area contributed by atoms with Crippen molar-refractivity contribution in [1.29, 1.82) is 0 Å². The van der Waals surface area contributed by atoms with Crippen molar-refractivity contribution in [3.63, 3.8) is 0 Å². The molecule has 0 saturated heterocycles. The maximum Gasteiger partial charge on any atom is 0.242 e. The van der Waals surface area contributed by atoms with E-state index in [1.165, 1.54) is 38.0 Å². The zero-order valence-corrected chi connectivity index (χ0v) is 14.7. The first kappa shape index (κ1) is 17.8. The van der Waals surface area contributed by atoms with Crippen LogP contribution in [-0.4, -0.2) is 32.8 Å². The summed E-state index contributed by atoms with van der Waals surface area (Å²) in [6.45, 7) is 0. The van der Waals surface area contributed by atoms with Gasteiger partial charge in [0.15, 0.2) is 0 Å². The molecule has 0 N–H and O–H groups in total. The molecule has 5 nitrogen and oxygen atoms in total. The van der Waals surface area contributed by atoms with Crippen LogP contribution < -0.4 is 5.11 Å². The number of carbonyl (C=O) groups excluding carboxylic acids is 1. The van der Waals surface area contributed by atoms with Crippen LogP contribution in [0.5, 0.6) is 0 Å². The van der Waals surface area contributed by atoms with Crippen molar-refractivity contribution in [3.05, 3.63) is 53.1 Å². The van der Waals surface area contributed by atoms with Crippen LogP contribution in [0.2, 0.25) is 5.02 Å². The molecule has 8 heteroatoms. The lowest BCUT2D eigenvalue weighted by Gasteiger charge is -2.15. The van der Waals surface area contributed by atoms with Crippen LogP contribution in [0.25, 0.3) is 0 Å². The fraction of sp³-hybridized carbons (Fsp3) is 0.133. The molecule has 0 amide bonds. The molecule has 2 aromatic carbocycles. The summed E-state index contributed by atoms with van der Waals surface area (Å²) in [5.41, 5.74) is -0.173. The normalized spacial score (nSPS) is 11.7. The van der Waals surface area contributed by atoms with E-state index in [-0.39, 0.29) is 10.5 Å². The quantitative estimate of drug-likeness (QED) is 0.805. The smallest absolute Gasteiger partial charge is 0.242 e. The van der Waals surface area contributed by atoms with Gasteiger partial charge in [0.1, 0.15) is 0 Å². The summed E-state index contributed by atoms with van der Waals surface area (Å²) >= 11 is 7.00. The summed E-state index contributed by atoms with van der Waals surface area (Å²) in [5, 5.41) is 11.9. The van der Waals surface area contributed by atoms with Crippen molar-refractivity contribution >= 4 is 39.4 Å². The highest BCUT2D eigenvalue weighted by molar-refractivity contribution is 7.99. The first-order valence-corrected chi connectivity index (χ1v) is 9.06. The Morgan fingerprint density at radius 1 is 1.13 bits per heavy atom. The summed E-state index contributed by atoms with van der Waals surface area (Å²) in [7, 11) is -0.954. The summed E-state index contributed by atoms with van der Waals surface area (Å²) in [6.07, 6.45) is 0. The predicted molar refractivity (Wildman–Crippen MR) is 87.2 cm³/mol. The Morgan fingerprint density at radius 2 is 1.74 bits per heavy atom. The van der Waals surface area contributed by atoms with Crippen LogP contribution >= 0.6 is 23.4 Å². The van der Waals surface area contributed by atoms with Crippen molar-refractivity contribution < 1.29 is 18.3 Å². The van der Waals surface area contributed by atoms with Gasteiger partial charge < -0.3 is 9.90 Å².